The number of hydrogen-bond acceptors (Lipinski definition) is 7. The highest BCUT2D eigenvalue weighted by Gasteiger charge is 2.29. The van der Waals surface area contributed by atoms with E-state index in [4.69, 9.17) is 9.26 Å². The third-order valence-corrected chi connectivity index (χ3v) is 5.78. The summed E-state index contributed by atoms with van der Waals surface area (Å²) in [5, 5.41) is 6.20. The van der Waals surface area contributed by atoms with Gasteiger partial charge >= 0.3 is 5.97 Å². The van der Waals surface area contributed by atoms with Crippen LogP contribution in [0.5, 0.6) is 0 Å². The molecule has 0 saturated heterocycles. The van der Waals surface area contributed by atoms with Gasteiger partial charge in [-0.05, 0) is 24.1 Å². The zero-order chi connectivity index (χ0) is 20.2. The Hall–Kier alpha value is -3.13. The summed E-state index contributed by atoms with van der Waals surface area (Å²) in [4.78, 5) is 29.6. The summed E-state index contributed by atoms with van der Waals surface area (Å²) >= 11 is 1.36. The molecule has 1 aliphatic rings. The van der Waals surface area contributed by atoms with Crippen molar-refractivity contribution in [2.75, 3.05) is 5.32 Å². The molecule has 8 heteroatoms. The maximum absolute atomic E-state index is 12.2. The molecule has 1 atom stereocenters. The Bertz CT molecular complexity index is 1030. The molecule has 0 unspecified atom stereocenters. The van der Waals surface area contributed by atoms with Crippen molar-refractivity contribution in [3.05, 3.63) is 60.0 Å². The summed E-state index contributed by atoms with van der Waals surface area (Å²) in [6, 6.07) is 15.4. The van der Waals surface area contributed by atoms with E-state index >= 15 is 0 Å². The molecule has 0 aliphatic carbocycles. The van der Waals surface area contributed by atoms with Crippen LogP contribution in [0.25, 0.3) is 11.4 Å². The van der Waals surface area contributed by atoms with Crippen molar-refractivity contribution < 1.29 is 18.8 Å². The van der Waals surface area contributed by atoms with Crippen LogP contribution in [0.1, 0.15) is 24.8 Å². The minimum absolute atomic E-state index is 0.0374. The number of nitrogens with zero attached hydrogens (tertiary/aromatic N) is 2. The molecule has 0 saturated carbocycles. The molecule has 0 spiro atoms. The van der Waals surface area contributed by atoms with Gasteiger partial charge in [-0.15, -0.1) is 11.8 Å². The first kappa shape index (κ1) is 19.2. The van der Waals surface area contributed by atoms with Crippen molar-refractivity contribution in [3.63, 3.8) is 0 Å². The Balaban J connectivity index is 1.32. The molecule has 7 nitrogen and oxygen atoms in total. The molecule has 0 fully saturated rings. The number of carbonyl (C=O) groups excluding carboxylic acids is 2. The number of benzene rings is 2. The third-order valence-electron chi connectivity index (χ3n) is 4.50. The summed E-state index contributed by atoms with van der Waals surface area (Å²) in [5.41, 5.74) is 2.81. The number of nitrogens with one attached hydrogen (secondary N) is 1. The fraction of sp³-hybridized carbons (Fsp3) is 0.238. The zero-order valence-corrected chi connectivity index (χ0v) is 16.6. The van der Waals surface area contributed by atoms with E-state index in [2.05, 4.69) is 22.4 Å². The molecule has 29 heavy (non-hydrogen) atoms. The minimum atomic E-state index is -0.535. The number of anilines is 1. The first-order valence-corrected chi connectivity index (χ1v) is 10.1. The van der Waals surface area contributed by atoms with Gasteiger partial charge in [0.25, 0.3) is 5.89 Å². The number of esters is 1. The van der Waals surface area contributed by atoms with Crippen molar-refractivity contribution in [2.45, 2.75) is 36.5 Å². The van der Waals surface area contributed by atoms with E-state index in [1.807, 2.05) is 48.5 Å². The molecule has 1 aliphatic heterocycles. The molecule has 3 aromatic rings. The van der Waals surface area contributed by atoms with Crippen LogP contribution in [-0.4, -0.2) is 27.3 Å². The number of rotatable bonds is 6. The number of aryl methyl sites for hydroxylation is 1. The Labute approximate surface area is 171 Å². The molecule has 0 bridgehead atoms. The third kappa shape index (κ3) is 4.48. The monoisotopic (exact) mass is 409 g/mol. The predicted molar refractivity (Wildman–Crippen MR) is 108 cm³/mol. The van der Waals surface area contributed by atoms with Crippen molar-refractivity contribution in [3.8, 4) is 11.4 Å². The summed E-state index contributed by atoms with van der Waals surface area (Å²) in [6.07, 6.45) is 0.918. The Morgan fingerprint density at radius 2 is 2.00 bits per heavy atom. The van der Waals surface area contributed by atoms with Gasteiger partial charge in [-0.3, -0.25) is 9.59 Å². The number of hydrogen-bond donors (Lipinski definition) is 1. The second kappa shape index (κ2) is 8.48. The second-order valence-electron chi connectivity index (χ2n) is 6.52. The summed E-state index contributed by atoms with van der Waals surface area (Å²) in [5.74, 6) is -0.0538. The second-order valence-corrected chi connectivity index (χ2v) is 7.76. The fourth-order valence-corrected chi connectivity index (χ4v) is 3.99. The predicted octanol–water partition coefficient (Wildman–Crippen LogP) is 3.85. The number of carbonyl (C=O) groups is 2. The Kier molecular flexibility index (Phi) is 5.62. The first-order valence-electron chi connectivity index (χ1n) is 9.26. The lowest BCUT2D eigenvalue weighted by molar-refractivity contribution is -0.146. The summed E-state index contributed by atoms with van der Waals surface area (Å²) in [7, 11) is 0. The van der Waals surface area contributed by atoms with Crippen LogP contribution in [0.2, 0.25) is 0 Å². The number of amides is 1. The van der Waals surface area contributed by atoms with E-state index in [0.717, 1.165) is 22.6 Å². The molecule has 1 amide bonds. The van der Waals surface area contributed by atoms with Gasteiger partial charge in [0, 0.05) is 10.5 Å². The van der Waals surface area contributed by atoms with Gasteiger partial charge in [0.15, 0.2) is 6.61 Å². The van der Waals surface area contributed by atoms with Gasteiger partial charge < -0.3 is 14.6 Å². The maximum Gasteiger partial charge on any atom is 0.307 e. The van der Waals surface area contributed by atoms with Crippen molar-refractivity contribution in [2.24, 2.45) is 0 Å². The van der Waals surface area contributed by atoms with Crippen LogP contribution < -0.4 is 5.32 Å². The van der Waals surface area contributed by atoms with Crippen molar-refractivity contribution in [1.29, 1.82) is 0 Å². The van der Waals surface area contributed by atoms with Crippen LogP contribution in [-0.2, 0) is 27.4 Å². The lowest BCUT2D eigenvalue weighted by atomic mass is 10.1. The number of fused-ring (bicyclic) bond motifs is 1. The van der Waals surface area contributed by atoms with Crippen molar-refractivity contribution in [1.82, 2.24) is 10.1 Å². The SMILES string of the molecule is CCc1ccc(-c2noc(COC(=O)C[C@@H]3Sc4ccccc4NC3=O)n2)cc1. The van der Waals surface area contributed by atoms with Gasteiger partial charge in [0.1, 0.15) is 0 Å². The maximum atomic E-state index is 12.2. The quantitative estimate of drug-likeness (QED) is 0.618. The number of thioether (sulfide) groups is 1. The average Bonchev–Trinajstić information content (AvgIpc) is 3.22. The smallest absolute Gasteiger partial charge is 0.307 e. The first-order chi connectivity index (χ1) is 14.1. The van der Waals surface area contributed by atoms with E-state index in [9.17, 15) is 9.59 Å². The van der Waals surface area contributed by atoms with Gasteiger partial charge in [-0.25, -0.2) is 0 Å². The van der Waals surface area contributed by atoms with Crippen LogP contribution in [0.4, 0.5) is 5.69 Å². The Morgan fingerprint density at radius 1 is 1.21 bits per heavy atom. The highest BCUT2D eigenvalue weighted by molar-refractivity contribution is 8.01. The van der Waals surface area contributed by atoms with Crippen LogP contribution in [0.15, 0.2) is 57.9 Å². The van der Waals surface area contributed by atoms with Gasteiger partial charge in [-0.1, -0.05) is 48.5 Å². The highest BCUT2D eigenvalue weighted by atomic mass is 32.2. The lowest BCUT2D eigenvalue weighted by Gasteiger charge is -2.23. The zero-order valence-electron chi connectivity index (χ0n) is 15.8. The standard InChI is InChI=1S/C21H19N3O4S/c1-2-13-7-9-14(10-8-13)20-23-18(28-24-20)12-27-19(25)11-17-21(26)22-15-5-3-4-6-16(15)29-17/h3-10,17H,2,11-12H2,1H3,(H,22,26)/t17-/m0/s1. The van der Waals surface area contributed by atoms with E-state index in [0.29, 0.717) is 5.82 Å². The fourth-order valence-electron chi connectivity index (χ4n) is 2.90. The minimum Gasteiger partial charge on any atom is -0.456 e. The van der Waals surface area contributed by atoms with Gasteiger partial charge in [-0.2, -0.15) is 4.98 Å². The van der Waals surface area contributed by atoms with Gasteiger partial charge in [0.2, 0.25) is 11.7 Å². The molecule has 2 heterocycles. The van der Waals surface area contributed by atoms with Crippen LogP contribution in [0.3, 0.4) is 0 Å². The van der Waals surface area contributed by atoms with Crippen molar-refractivity contribution >= 4 is 29.3 Å². The number of ether oxygens (including phenoxy) is 1. The molecule has 148 valence electrons. The van der Waals surface area contributed by atoms with Gasteiger partial charge in [0.05, 0.1) is 17.4 Å². The van der Waals surface area contributed by atoms with E-state index in [-0.39, 0.29) is 24.8 Å². The average molecular weight is 409 g/mol. The molecule has 0 radical (unpaired) electrons. The molecule has 1 N–H and O–H groups in total. The number of para-hydroxylation sites is 1. The van der Waals surface area contributed by atoms with Crippen LogP contribution in [0, 0.1) is 0 Å². The largest absolute Gasteiger partial charge is 0.456 e. The van der Waals surface area contributed by atoms with E-state index < -0.39 is 11.2 Å². The van der Waals surface area contributed by atoms with Crippen LogP contribution >= 0.6 is 11.8 Å². The summed E-state index contributed by atoms with van der Waals surface area (Å²) < 4.78 is 10.4. The Morgan fingerprint density at radius 3 is 2.79 bits per heavy atom. The normalized spacial score (nSPS) is 15.5. The molecular formula is C21H19N3O4S. The molecule has 2 aromatic carbocycles. The molecule has 1 aromatic heterocycles. The lowest BCUT2D eigenvalue weighted by Crippen LogP contribution is -2.31. The molecular weight excluding hydrogens is 390 g/mol. The number of aromatic nitrogens is 2. The van der Waals surface area contributed by atoms with E-state index in [1.165, 1.54) is 17.3 Å². The topological polar surface area (TPSA) is 94.3 Å². The summed E-state index contributed by atoms with van der Waals surface area (Å²) in [6.45, 7) is 1.96. The molecule has 4 rings (SSSR count). The van der Waals surface area contributed by atoms with E-state index in [1.54, 1.807) is 0 Å². The highest BCUT2D eigenvalue weighted by Crippen LogP contribution is 2.36.